The Hall–Kier alpha value is -1.37. The van der Waals surface area contributed by atoms with E-state index in [4.69, 9.17) is 11.6 Å². The highest BCUT2D eigenvalue weighted by Crippen LogP contribution is 2.33. The molecule has 2 atom stereocenters. The first kappa shape index (κ1) is 19.0. The van der Waals surface area contributed by atoms with Gasteiger partial charge in [0.05, 0.1) is 24.1 Å². The first-order valence-corrected chi connectivity index (χ1v) is 11.8. The van der Waals surface area contributed by atoms with E-state index in [1.807, 2.05) is 0 Å². The molecule has 146 valence electrons. The van der Waals surface area contributed by atoms with Crippen molar-refractivity contribution in [3.05, 3.63) is 40.9 Å². The number of halogens is 1. The number of fused-ring (bicyclic) bond motifs is 1. The number of piperazine rings is 1. The van der Waals surface area contributed by atoms with Gasteiger partial charge in [0.1, 0.15) is 0 Å². The van der Waals surface area contributed by atoms with Crippen LogP contribution in [0.1, 0.15) is 32.1 Å². The first-order valence-electron chi connectivity index (χ1n) is 9.63. The Morgan fingerprint density at radius 2 is 1.81 bits per heavy atom. The standard InChI is InChI=1S/C20H25ClN2O3S/c21-16-6-8-17(9-7-16)23-19-14-27(25,26)13-18(19)22(12-20(23)24)11-10-15-4-2-1-3-5-15/h4,6-9,18-19H,1-3,5,10-14H2/t18-,19+/m1/s1. The van der Waals surface area contributed by atoms with Crippen LogP contribution in [-0.2, 0) is 14.6 Å². The molecule has 0 aromatic heterocycles. The molecule has 1 amide bonds. The fraction of sp³-hybridized carbons (Fsp3) is 0.550. The molecule has 0 unspecified atom stereocenters. The summed E-state index contributed by atoms with van der Waals surface area (Å²) in [4.78, 5) is 16.7. The van der Waals surface area contributed by atoms with Crippen LogP contribution < -0.4 is 4.90 Å². The minimum atomic E-state index is -3.15. The Morgan fingerprint density at radius 3 is 2.52 bits per heavy atom. The average Bonchev–Trinajstić information content (AvgIpc) is 2.97. The van der Waals surface area contributed by atoms with Crippen LogP contribution >= 0.6 is 11.6 Å². The molecule has 0 spiro atoms. The van der Waals surface area contributed by atoms with Crippen molar-refractivity contribution in [1.29, 1.82) is 0 Å². The van der Waals surface area contributed by atoms with Crippen molar-refractivity contribution in [3.8, 4) is 0 Å². The molecule has 0 saturated carbocycles. The van der Waals surface area contributed by atoms with E-state index in [0.717, 1.165) is 31.5 Å². The van der Waals surface area contributed by atoms with Crippen molar-refractivity contribution in [1.82, 2.24) is 4.90 Å². The van der Waals surface area contributed by atoms with Gasteiger partial charge >= 0.3 is 0 Å². The topological polar surface area (TPSA) is 57.7 Å². The summed E-state index contributed by atoms with van der Waals surface area (Å²) in [5.41, 5.74) is 2.18. The molecule has 2 aliphatic heterocycles. The molecule has 0 radical (unpaired) electrons. The summed E-state index contributed by atoms with van der Waals surface area (Å²) in [5, 5.41) is 0.598. The van der Waals surface area contributed by atoms with Gasteiger partial charge in [0, 0.05) is 23.3 Å². The van der Waals surface area contributed by atoms with E-state index in [1.165, 1.54) is 18.4 Å². The molecule has 27 heavy (non-hydrogen) atoms. The maximum atomic E-state index is 12.9. The monoisotopic (exact) mass is 408 g/mol. The van der Waals surface area contributed by atoms with Gasteiger partial charge in [-0.15, -0.1) is 0 Å². The zero-order valence-corrected chi connectivity index (χ0v) is 16.9. The van der Waals surface area contributed by atoms with Crippen molar-refractivity contribution < 1.29 is 13.2 Å². The predicted octanol–water partition coefficient (Wildman–Crippen LogP) is 3.04. The highest BCUT2D eigenvalue weighted by molar-refractivity contribution is 7.91. The number of sulfone groups is 1. The molecule has 2 heterocycles. The second-order valence-electron chi connectivity index (χ2n) is 7.78. The normalized spacial score (nSPS) is 28.1. The van der Waals surface area contributed by atoms with Gasteiger partial charge in [-0.25, -0.2) is 8.42 Å². The molecule has 4 rings (SSSR count). The zero-order valence-electron chi connectivity index (χ0n) is 15.3. The summed E-state index contributed by atoms with van der Waals surface area (Å²) in [6.07, 6.45) is 8.00. The van der Waals surface area contributed by atoms with Crippen molar-refractivity contribution >= 4 is 33.0 Å². The fourth-order valence-electron chi connectivity index (χ4n) is 4.56. The van der Waals surface area contributed by atoms with Crippen LogP contribution in [0.4, 0.5) is 5.69 Å². The van der Waals surface area contributed by atoms with Crippen LogP contribution in [0.2, 0.25) is 5.02 Å². The van der Waals surface area contributed by atoms with E-state index in [0.29, 0.717) is 5.02 Å². The molecule has 5 nitrogen and oxygen atoms in total. The third-order valence-corrected chi connectivity index (χ3v) is 7.86. The van der Waals surface area contributed by atoms with Crippen LogP contribution in [0.5, 0.6) is 0 Å². The van der Waals surface area contributed by atoms with Crippen LogP contribution in [0.15, 0.2) is 35.9 Å². The molecular formula is C20H25ClN2O3S. The number of hydrogen-bond acceptors (Lipinski definition) is 4. The number of carbonyl (C=O) groups is 1. The Labute approximate surface area is 165 Å². The number of benzene rings is 1. The number of rotatable bonds is 4. The van der Waals surface area contributed by atoms with Crippen LogP contribution in [0.3, 0.4) is 0 Å². The number of amides is 1. The highest BCUT2D eigenvalue weighted by atomic mass is 35.5. The lowest BCUT2D eigenvalue weighted by Gasteiger charge is -2.43. The van der Waals surface area contributed by atoms with Crippen molar-refractivity contribution in [3.63, 3.8) is 0 Å². The number of nitrogens with zero attached hydrogens (tertiary/aromatic N) is 2. The van der Waals surface area contributed by atoms with Gasteiger partial charge in [0.25, 0.3) is 0 Å². The third kappa shape index (κ3) is 4.08. The Kier molecular flexibility index (Phi) is 5.32. The van der Waals surface area contributed by atoms with Crippen molar-refractivity contribution in [2.75, 3.05) is 29.5 Å². The smallest absolute Gasteiger partial charge is 0.241 e. The zero-order chi connectivity index (χ0) is 19.0. The molecule has 2 saturated heterocycles. The number of carbonyl (C=O) groups excluding carboxylic acids is 1. The maximum absolute atomic E-state index is 12.9. The Balaban J connectivity index is 1.56. The lowest BCUT2D eigenvalue weighted by Crippen LogP contribution is -2.62. The van der Waals surface area contributed by atoms with Gasteiger partial charge in [-0.05, 0) is 56.4 Å². The summed E-state index contributed by atoms with van der Waals surface area (Å²) in [5.74, 6) is 0.132. The lowest BCUT2D eigenvalue weighted by atomic mass is 9.96. The molecule has 1 aliphatic carbocycles. The van der Waals surface area contributed by atoms with E-state index in [1.54, 1.807) is 29.2 Å². The van der Waals surface area contributed by atoms with E-state index >= 15 is 0 Å². The van der Waals surface area contributed by atoms with Crippen LogP contribution in [0.25, 0.3) is 0 Å². The van der Waals surface area contributed by atoms with E-state index in [9.17, 15) is 13.2 Å². The van der Waals surface area contributed by atoms with Gasteiger partial charge in [-0.3, -0.25) is 9.69 Å². The van der Waals surface area contributed by atoms with Gasteiger partial charge in [-0.2, -0.15) is 0 Å². The second-order valence-corrected chi connectivity index (χ2v) is 10.4. The maximum Gasteiger partial charge on any atom is 0.241 e. The molecule has 0 bridgehead atoms. The van der Waals surface area contributed by atoms with Crippen molar-refractivity contribution in [2.24, 2.45) is 0 Å². The molecule has 1 aromatic carbocycles. The largest absolute Gasteiger partial charge is 0.306 e. The SMILES string of the molecule is O=C1CN(CCC2=CCCCC2)[C@@H]2CS(=O)(=O)C[C@@H]2N1c1ccc(Cl)cc1. The fourth-order valence-corrected chi connectivity index (χ4v) is 6.67. The Morgan fingerprint density at radius 1 is 1.07 bits per heavy atom. The predicted molar refractivity (Wildman–Crippen MR) is 108 cm³/mol. The molecular weight excluding hydrogens is 384 g/mol. The summed E-state index contributed by atoms with van der Waals surface area (Å²) in [7, 11) is -3.15. The highest BCUT2D eigenvalue weighted by Gasteiger charge is 2.49. The third-order valence-electron chi connectivity index (χ3n) is 5.91. The van der Waals surface area contributed by atoms with E-state index < -0.39 is 9.84 Å². The van der Waals surface area contributed by atoms with Crippen LogP contribution in [-0.4, -0.2) is 55.9 Å². The number of allylic oxidation sites excluding steroid dienone is 1. The minimum absolute atomic E-state index is 0.0330. The Bertz CT molecular complexity index is 850. The second kappa shape index (κ2) is 7.57. The molecule has 2 fully saturated rings. The lowest BCUT2D eigenvalue weighted by molar-refractivity contribution is -0.123. The summed E-state index contributed by atoms with van der Waals surface area (Å²) in [6.45, 7) is 1.02. The van der Waals surface area contributed by atoms with Gasteiger partial charge < -0.3 is 4.90 Å². The summed E-state index contributed by atoms with van der Waals surface area (Å²) >= 11 is 5.97. The summed E-state index contributed by atoms with van der Waals surface area (Å²) in [6, 6.07) is 6.62. The van der Waals surface area contributed by atoms with Gasteiger partial charge in [0.15, 0.2) is 9.84 Å². The summed E-state index contributed by atoms with van der Waals surface area (Å²) < 4.78 is 24.8. The van der Waals surface area contributed by atoms with Crippen LogP contribution in [0, 0.1) is 0 Å². The molecule has 3 aliphatic rings. The number of anilines is 1. The van der Waals surface area contributed by atoms with E-state index in [-0.39, 0.29) is 36.0 Å². The molecule has 7 heteroatoms. The number of hydrogen-bond donors (Lipinski definition) is 0. The van der Waals surface area contributed by atoms with Crippen molar-refractivity contribution in [2.45, 2.75) is 44.2 Å². The average molecular weight is 409 g/mol. The molecule has 1 aromatic rings. The quantitative estimate of drug-likeness (QED) is 0.718. The van der Waals surface area contributed by atoms with Gasteiger partial charge in [0.2, 0.25) is 5.91 Å². The minimum Gasteiger partial charge on any atom is -0.306 e. The van der Waals surface area contributed by atoms with Gasteiger partial charge in [-0.1, -0.05) is 23.3 Å². The first-order chi connectivity index (χ1) is 12.9. The van der Waals surface area contributed by atoms with E-state index in [2.05, 4.69) is 11.0 Å². The molecule has 0 N–H and O–H groups in total.